The first-order valence-corrected chi connectivity index (χ1v) is 5.32. The minimum absolute atomic E-state index is 0.485. The maximum absolute atomic E-state index is 5.10. The van der Waals surface area contributed by atoms with Crippen molar-refractivity contribution >= 4 is 0 Å². The van der Waals surface area contributed by atoms with E-state index in [2.05, 4.69) is 15.6 Å². The molecule has 2 rings (SSSR count). The van der Waals surface area contributed by atoms with Crippen LogP contribution in [0.5, 0.6) is 5.88 Å². The van der Waals surface area contributed by atoms with Gasteiger partial charge in [-0.2, -0.15) is 0 Å². The van der Waals surface area contributed by atoms with Gasteiger partial charge in [0.05, 0.1) is 7.11 Å². The lowest BCUT2D eigenvalue weighted by Crippen LogP contribution is -2.49. The molecule has 0 saturated carbocycles. The Morgan fingerprint density at radius 3 is 3.13 bits per heavy atom. The number of nitrogens with one attached hydrogen (secondary N) is 2. The van der Waals surface area contributed by atoms with E-state index in [1.165, 1.54) is 0 Å². The third-order valence-electron chi connectivity index (χ3n) is 2.57. The largest absolute Gasteiger partial charge is 0.481 e. The van der Waals surface area contributed by atoms with Gasteiger partial charge in [0, 0.05) is 43.9 Å². The number of methoxy groups -OCH3 is 1. The van der Waals surface area contributed by atoms with Crippen molar-refractivity contribution in [3.05, 3.63) is 23.9 Å². The van der Waals surface area contributed by atoms with Gasteiger partial charge in [0.1, 0.15) is 0 Å². The highest BCUT2D eigenvalue weighted by Crippen LogP contribution is 2.08. The lowest BCUT2D eigenvalue weighted by molar-refractivity contribution is 0.389. The molecule has 0 bridgehead atoms. The number of piperazine rings is 1. The summed E-state index contributed by atoms with van der Waals surface area (Å²) in [6.45, 7) is 3.11. The molecule has 0 aromatic carbocycles. The summed E-state index contributed by atoms with van der Waals surface area (Å²) in [5.41, 5.74) is 1.08. The van der Waals surface area contributed by atoms with E-state index in [0.29, 0.717) is 11.9 Å². The molecule has 1 aliphatic rings. The van der Waals surface area contributed by atoms with E-state index in [9.17, 15) is 0 Å². The number of nitrogens with zero attached hydrogens (tertiary/aromatic N) is 1. The molecule has 82 valence electrons. The summed E-state index contributed by atoms with van der Waals surface area (Å²) < 4.78 is 5.10. The van der Waals surface area contributed by atoms with Crippen LogP contribution in [-0.2, 0) is 6.42 Å². The summed E-state index contributed by atoms with van der Waals surface area (Å²) >= 11 is 0. The van der Waals surface area contributed by atoms with Crippen molar-refractivity contribution in [3.8, 4) is 5.88 Å². The van der Waals surface area contributed by atoms with E-state index in [1.807, 2.05) is 18.2 Å². The summed E-state index contributed by atoms with van der Waals surface area (Å²) in [4.78, 5) is 4.40. The van der Waals surface area contributed by atoms with Crippen molar-refractivity contribution in [2.24, 2.45) is 0 Å². The highest BCUT2D eigenvalue weighted by Gasteiger charge is 2.13. The molecule has 2 N–H and O–H groups in total. The molecule has 1 atom stereocenters. The molecule has 0 unspecified atom stereocenters. The van der Waals surface area contributed by atoms with Crippen LogP contribution in [0, 0.1) is 0 Å². The van der Waals surface area contributed by atoms with Crippen molar-refractivity contribution in [2.45, 2.75) is 12.5 Å². The highest BCUT2D eigenvalue weighted by molar-refractivity contribution is 5.16. The van der Waals surface area contributed by atoms with Crippen LogP contribution in [0.2, 0.25) is 0 Å². The molecule has 1 saturated heterocycles. The van der Waals surface area contributed by atoms with Crippen molar-refractivity contribution in [1.82, 2.24) is 15.6 Å². The first-order valence-electron chi connectivity index (χ1n) is 5.32. The Morgan fingerprint density at radius 1 is 1.47 bits per heavy atom. The summed E-state index contributed by atoms with van der Waals surface area (Å²) in [7, 11) is 1.65. The number of hydrogen-bond acceptors (Lipinski definition) is 4. The Morgan fingerprint density at radius 2 is 2.40 bits per heavy atom. The number of hydrogen-bond donors (Lipinski definition) is 2. The third-order valence-corrected chi connectivity index (χ3v) is 2.57. The lowest BCUT2D eigenvalue weighted by atomic mass is 10.1. The van der Waals surface area contributed by atoms with Gasteiger partial charge >= 0.3 is 0 Å². The van der Waals surface area contributed by atoms with Gasteiger partial charge in [-0.25, -0.2) is 4.98 Å². The van der Waals surface area contributed by atoms with Crippen molar-refractivity contribution in [1.29, 1.82) is 0 Å². The molecule has 1 fully saturated rings. The van der Waals surface area contributed by atoms with E-state index >= 15 is 0 Å². The monoisotopic (exact) mass is 207 g/mol. The first kappa shape index (κ1) is 10.4. The Balaban J connectivity index is 1.96. The van der Waals surface area contributed by atoms with Gasteiger partial charge in [-0.3, -0.25) is 0 Å². The average molecular weight is 207 g/mol. The summed E-state index contributed by atoms with van der Waals surface area (Å²) in [6.07, 6.45) is 0.949. The molecule has 2 heterocycles. The summed E-state index contributed by atoms with van der Waals surface area (Å²) in [6, 6.07) is 6.38. The van der Waals surface area contributed by atoms with E-state index in [1.54, 1.807) is 7.11 Å². The fourth-order valence-electron chi connectivity index (χ4n) is 1.79. The van der Waals surface area contributed by atoms with Gasteiger partial charge in [-0.1, -0.05) is 6.07 Å². The summed E-state index contributed by atoms with van der Waals surface area (Å²) in [5.74, 6) is 0.691. The molecule has 0 amide bonds. The zero-order valence-electron chi connectivity index (χ0n) is 8.99. The Kier molecular flexibility index (Phi) is 3.53. The lowest BCUT2D eigenvalue weighted by Gasteiger charge is -2.24. The minimum atomic E-state index is 0.485. The van der Waals surface area contributed by atoms with Crippen molar-refractivity contribution < 1.29 is 4.74 Å². The standard InChI is InChI=1S/C11H17N3O/c1-15-11-4-2-3-9(14-11)7-10-8-12-5-6-13-10/h2-4,10,12-13H,5-8H2,1H3/t10-/m0/s1. The zero-order valence-corrected chi connectivity index (χ0v) is 8.99. The molecular weight excluding hydrogens is 190 g/mol. The second-order valence-corrected chi connectivity index (χ2v) is 3.73. The van der Waals surface area contributed by atoms with Crippen LogP contribution in [0.1, 0.15) is 5.69 Å². The molecule has 1 aromatic heterocycles. The SMILES string of the molecule is COc1cccc(C[C@H]2CNCCN2)n1. The predicted molar refractivity (Wildman–Crippen MR) is 59.2 cm³/mol. The molecule has 0 spiro atoms. The molecule has 1 aromatic rings. The van der Waals surface area contributed by atoms with Crippen molar-refractivity contribution in [2.75, 3.05) is 26.7 Å². The normalized spacial score (nSPS) is 21.3. The Bertz CT molecular complexity index is 310. The van der Waals surface area contributed by atoms with Crippen LogP contribution < -0.4 is 15.4 Å². The second kappa shape index (κ2) is 5.09. The molecule has 1 aliphatic heterocycles. The van der Waals surface area contributed by atoms with Gasteiger partial charge in [0.15, 0.2) is 0 Å². The van der Waals surface area contributed by atoms with Crippen LogP contribution in [-0.4, -0.2) is 37.8 Å². The first-order chi connectivity index (χ1) is 7.38. The smallest absolute Gasteiger partial charge is 0.213 e. The second-order valence-electron chi connectivity index (χ2n) is 3.73. The molecular formula is C11H17N3O. The molecule has 4 nitrogen and oxygen atoms in total. The fraction of sp³-hybridized carbons (Fsp3) is 0.545. The third kappa shape index (κ3) is 2.91. The van der Waals surface area contributed by atoms with Gasteiger partial charge < -0.3 is 15.4 Å². The number of ether oxygens (including phenoxy) is 1. The van der Waals surface area contributed by atoms with Crippen LogP contribution in [0.3, 0.4) is 0 Å². The minimum Gasteiger partial charge on any atom is -0.481 e. The molecule has 0 aliphatic carbocycles. The van der Waals surface area contributed by atoms with Crippen LogP contribution >= 0.6 is 0 Å². The average Bonchev–Trinajstić information content (AvgIpc) is 2.31. The fourth-order valence-corrected chi connectivity index (χ4v) is 1.79. The van der Waals surface area contributed by atoms with Gasteiger partial charge in [-0.05, 0) is 6.07 Å². The van der Waals surface area contributed by atoms with Crippen LogP contribution in [0.4, 0.5) is 0 Å². The zero-order chi connectivity index (χ0) is 10.5. The Hall–Kier alpha value is -1.13. The molecule has 15 heavy (non-hydrogen) atoms. The molecule has 4 heteroatoms. The van der Waals surface area contributed by atoms with Gasteiger partial charge in [-0.15, -0.1) is 0 Å². The number of pyridine rings is 1. The van der Waals surface area contributed by atoms with E-state index in [0.717, 1.165) is 31.7 Å². The van der Waals surface area contributed by atoms with E-state index in [-0.39, 0.29) is 0 Å². The maximum atomic E-state index is 5.10. The summed E-state index contributed by atoms with van der Waals surface area (Å²) in [5, 5.41) is 6.82. The highest BCUT2D eigenvalue weighted by atomic mass is 16.5. The van der Waals surface area contributed by atoms with Gasteiger partial charge in [0.25, 0.3) is 0 Å². The van der Waals surface area contributed by atoms with Crippen molar-refractivity contribution in [3.63, 3.8) is 0 Å². The number of rotatable bonds is 3. The topological polar surface area (TPSA) is 46.2 Å². The van der Waals surface area contributed by atoms with Crippen LogP contribution in [0.25, 0.3) is 0 Å². The maximum Gasteiger partial charge on any atom is 0.213 e. The predicted octanol–water partition coefficient (Wildman–Crippen LogP) is 0.194. The van der Waals surface area contributed by atoms with Gasteiger partial charge in [0.2, 0.25) is 5.88 Å². The van der Waals surface area contributed by atoms with E-state index < -0.39 is 0 Å². The Labute approximate surface area is 90.0 Å². The number of aromatic nitrogens is 1. The van der Waals surface area contributed by atoms with E-state index in [4.69, 9.17) is 4.74 Å². The van der Waals surface area contributed by atoms with Crippen LogP contribution in [0.15, 0.2) is 18.2 Å². The molecule has 0 radical (unpaired) electrons. The quantitative estimate of drug-likeness (QED) is 0.743.